The van der Waals surface area contributed by atoms with Crippen molar-refractivity contribution in [1.29, 1.82) is 0 Å². The normalized spacial score (nSPS) is 16.6. The van der Waals surface area contributed by atoms with E-state index in [-0.39, 0.29) is 17.7 Å². The molecular weight excluding hydrogens is 513 g/mol. The number of anilines is 1. The summed E-state index contributed by atoms with van der Waals surface area (Å²) in [7, 11) is 0. The number of amides is 3. The third kappa shape index (κ3) is 4.65. The summed E-state index contributed by atoms with van der Waals surface area (Å²) in [5, 5.41) is 9.49. The Labute approximate surface area is 191 Å². The Morgan fingerprint density at radius 2 is 1.90 bits per heavy atom. The molecular formula is C22H20IN3O3S. The molecule has 1 aliphatic heterocycles. The van der Waals surface area contributed by atoms with E-state index in [0.29, 0.717) is 29.1 Å². The third-order valence-electron chi connectivity index (χ3n) is 4.96. The number of carbonyl (C=O) groups excluding carboxylic acids is 3. The molecule has 2 aromatic carbocycles. The van der Waals surface area contributed by atoms with Crippen molar-refractivity contribution in [2.75, 3.05) is 11.9 Å². The molecule has 154 valence electrons. The van der Waals surface area contributed by atoms with E-state index in [1.807, 2.05) is 24.3 Å². The first-order valence-corrected chi connectivity index (χ1v) is 11.6. The summed E-state index contributed by atoms with van der Waals surface area (Å²) < 4.78 is 2.14. The number of para-hydroxylation sites is 1. The number of hydrogen-bond acceptors (Lipinski definition) is 4. The van der Waals surface area contributed by atoms with E-state index >= 15 is 0 Å². The van der Waals surface area contributed by atoms with E-state index in [2.05, 4.69) is 38.5 Å². The second kappa shape index (κ2) is 9.13. The van der Waals surface area contributed by atoms with Crippen molar-refractivity contribution in [3.63, 3.8) is 0 Å². The maximum atomic E-state index is 12.8. The highest BCUT2D eigenvalue weighted by atomic mass is 127. The molecule has 0 radical (unpaired) electrons. The molecule has 8 heteroatoms. The molecule has 0 bridgehead atoms. The summed E-state index contributed by atoms with van der Waals surface area (Å²) >= 11 is 3.65. The standard InChI is InChI=1S/C22H20IN3O3S/c23-14-8-9-18-13(11-14)12-19(30-18)22(29)25-16-6-2-1-5-15(16)20(27)26-17-7-3-4-10-24-21(17)28/h1-2,5-6,8-9,11-12,17H,3-4,7,10H2,(H,24,28)(H,25,29)(H,26,27). The van der Waals surface area contributed by atoms with E-state index in [4.69, 9.17) is 0 Å². The van der Waals surface area contributed by atoms with Gasteiger partial charge in [0.1, 0.15) is 6.04 Å². The van der Waals surface area contributed by atoms with Crippen LogP contribution in [0.4, 0.5) is 5.69 Å². The lowest BCUT2D eigenvalue weighted by Crippen LogP contribution is -2.45. The molecule has 1 aliphatic rings. The van der Waals surface area contributed by atoms with Crippen LogP contribution in [0.1, 0.15) is 39.3 Å². The fraction of sp³-hybridized carbons (Fsp3) is 0.227. The third-order valence-corrected chi connectivity index (χ3v) is 6.75. The van der Waals surface area contributed by atoms with Gasteiger partial charge in [-0.25, -0.2) is 0 Å². The van der Waals surface area contributed by atoms with Gasteiger partial charge in [-0.15, -0.1) is 11.3 Å². The minimum atomic E-state index is -0.561. The van der Waals surface area contributed by atoms with Gasteiger partial charge in [-0.2, -0.15) is 0 Å². The minimum Gasteiger partial charge on any atom is -0.354 e. The fourth-order valence-corrected chi connectivity index (χ4v) is 4.87. The second-order valence-electron chi connectivity index (χ2n) is 7.11. The Morgan fingerprint density at radius 1 is 1.07 bits per heavy atom. The topological polar surface area (TPSA) is 87.3 Å². The van der Waals surface area contributed by atoms with E-state index in [1.54, 1.807) is 24.3 Å². The largest absolute Gasteiger partial charge is 0.354 e. The summed E-state index contributed by atoms with van der Waals surface area (Å²) in [6.45, 7) is 0.631. The van der Waals surface area contributed by atoms with Crippen LogP contribution in [0, 0.1) is 3.57 Å². The van der Waals surface area contributed by atoms with Crippen LogP contribution >= 0.6 is 33.9 Å². The maximum Gasteiger partial charge on any atom is 0.265 e. The molecule has 3 aromatic rings. The molecule has 1 unspecified atom stereocenters. The summed E-state index contributed by atoms with van der Waals surface area (Å²) in [5.41, 5.74) is 0.750. The Morgan fingerprint density at radius 3 is 2.77 bits per heavy atom. The molecule has 0 aliphatic carbocycles. The first kappa shape index (κ1) is 20.8. The highest BCUT2D eigenvalue weighted by molar-refractivity contribution is 14.1. The van der Waals surface area contributed by atoms with Crippen molar-refractivity contribution < 1.29 is 14.4 Å². The molecule has 1 saturated heterocycles. The SMILES string of the molecule is O=C(Nc1ccccc1C(=O)NC1CCCCNC1=O)c1cc2cc(I)ccc2s1. The van der Waals surface area contributed by atoms with Gasteiger partial charge in [-0.1, -0.05) is 12.1 Å². The van der Waals surface area contributed by atoms with Crippen molar-refractivity contribution in [3.05, 3.63) is 62.5 Å². The number of benzene rings is 2. The number of halogens is 1. The van der Waals surface area contributed by atoms with Crippen molar-refractivity contribution >= 4 is 67.4 Å². The number of thiophene rings is 1. The van der Waals surface area contributed by atoms with Gasteiger partial charge in [0, 0.05) is 14.8 Å². The molecule has 4 rings (SSSR count). The summed E-state index contributed by atoms with van der Waals surface area (Å²) in [6, 6.07) is 14.2. The highest BCUT2D eigenvalue weighted by Gasteiger charge is 2.24. The summed E-state index contributed by atoms with van der Waals surface area (Å²) in [6.07, 6.45) is 2.37. The Kier molecular flexibility index (Phi) is 6.33. The van der Waals surface area contributed by atoms with Gasteiger partial charge in [-0.05, 0) is 83.6 Å². The fourth-order valence-electron chi connectivity index (χ4n) is 3.41. The predicted octanol–water partition coefficient (Wildman–Crippen LogP) is 4.16. The number of hydrogen-bond donors (Lipinski definition) is 3. The molecule has 0 spiro atoms. The van der Waals surface area contributed by atoms with Gasteiger partial charge in [0.05, 0.1) is 16.1 Å². The van der Waals surface area contributed by atoms with Crippen LogP contribution in [-0.2, 0) is 4.79 Å². The smallest absolute Gasteiger partial charge is 0.265 e. The molecule has 1 aromatic heterocycles. The van der Waals surface area contributed by atoms with Gasteiger partial charge in [0.25, 0.3) is 11.8 Å². The zero-order chi connectivity index (χ0) is 21.1. The Hall–Kier alpha value is -2.46. The first-order chi connectivity index (χ1) is 14.5. The highest BCUT2D eigenvalue weighted by Crippen LogP contribution is 2.28. The maximum absolute atomic E-state index is 12.8. The van der Waals surface area contributed by atoms with E-state index in [1.165, 1.54) is 11.3 Å². The zero-order valence-corrected chi connectivity index (χ0v) is 19.0. The van der Waals surface area contributed by atoms with Gasteiger partial charge < -0.3 is 16.0 Å². The number of rotatable bonds is 4. The average molecular weight is 533 g/mol. The monoisotopic (exact) mass is 533 g/mol. The molecule has 6 nitrogen and oxygen atoms in total. The van der Waals surface area contributed by atoms with E-state index in [0.717, 1.165) is 26.5 Å². The molecule has 30 heavy (non-hydrogen) atoms. The van der Waals surface area contributed by atoms with Crippen molar-refractivity contribution in [2.24, 2.45) is 0 Å². The molecule has 0 saturated carbocycles. The van der Waals surface area contributed by atoms with Gasteiger partial charge >= 0.3 is 0 Å². The van der Waals surface area contributed by atoms with Crippen molar-refractivity contribution in [2.45, 2.75) is 25.3 Å². The Balaban J connectivity index is 1.52. The zero-order valence-electron chi connectivity index (χ0n) is 16.0. The van der Waals surface area contributed by atoms with Crippen LogP contribution in [-0.4, -0.2) is 30.3 Å². The van der Waals surface area contributed by atoms with Gasteiger partial charge in [0.2, 0.25) is 5.91 Å². The van der Waals surface area contributed by atoms with Crippen LogP contribution in [0.25, 0.3) is 10.1 Å². The summed E-state index contributed by atoms with van der Waals surface area (Å²) in [4.78, 5) is 38.4. The molecule has 1 atom stereocenters. The number of nitrogens with one attached hydrogen (secondary N) is 3. The van der Waals surface area contributed by atoms with E-state index in [9.17, 15) is 14.4 Å². The molecule has 3 amide bonds. The lowest BCUT2D eigenvalue weighted by Gasteiger charge is -2.17. The average Bonchev–Trinajstić information content (AvgIpc) is 3.05. The van der Waals surface area contributed by atoms with Crippen molar-refractivity contribution in [1.82, 2.24) is 10.6 Å². The molecule has 2 heterocycles. The lowest BCUT2D eigenvalue weighted by molar-refractivity contribution is -0.122. The van der Waals surface area contributed by atoms with Crippen LogP contribution < -0.4 is 16.0 Å². The van der Waals surface area contributed by atoms with Crippen LogP contribution in [0.5, 0.6) is 0 Å². The first-order valence-electron chi connectivity index (χ1n) is 9.69. The lowest BCUT2D eigenvalue weighted by atomic mass is 10.1. The number of carbonyl (C=O) groups is 3. The van der Waals surface area contributed by atoms with Crippen LogP contribution in [0.2, 0.25) is 0 Å². The Bertz CT molecular complexity index is 1130. The van der Waals surface area contributed by atoms with Gasteiger partial charge in [0.15, 0.2) is 0 Å². The van der Waals surface area contributed by atoms with Crippen molar-refractivity contribution in [3.8, 4) is 0 Å². The minimum absolute atomic E-state index is 0.165. The molecule has 1 fully saturated rings. The van der Waals surface area contributed by atoms with Crippen LogP contribution in [0.15, 0.2) is 48.5 Å². The summed E-state index contributed by atoms with van der Waals surface area (Å²) in [5.74, 6) is -0.806. The second-order valence-corrected chi connectivity index (χ2v) is 9.43. The molecule has 3 N–H and O–H groups in total. The predicted molar refractivity (Wildman–Crippen MR) is 127 cm³/mol. The van der Waals surface area contributed by atoms with E-state index < -0.39 is 6.04 Å². The van der Waals surface area contributed by atoms with Crippen LogP contribution in [0.3, 0.4) is 0 Å². The quantitative estimate of drug-likeness (QED) is 0.441. The number of fused-ring (bicyclic) bond motifs is 1. The van der Waals surface area contributed by atoms with Gasteiger partial charge in [-0.3, -0.25) is 14.4 Å².